The quantitative estimate of drug-likeness (QED) is 0.0245. The van der Waals surface area contributed by atoms with E-state index in [4.69, 9.17) is 46.9 Å². The Morgan fingerprint density at radius 2 is 1.01 bits per heavy atom. The molecule has 27 nitrogen and oxygen atoms in total. The molecule has 4 aromatic rings. The van der Waals surface area contributed by atoms with Gasteiger partial charge in [0.1, 0.15) is 70.2 Å². The van der Waals surface area contributed by atoms with Gasteiger partial charge in [0.15, 0.2) is 34.2 Å². The van der Waals surface area contributed by atoms with E-state index < -0.39 is 116 Å². The molecule has 118 heavy (non-hydrogen) atoms. The number of likely N-dealkylation sites (N-methyl/N-ethyl adjacent to an activating group) is 2. The van der Waals surface area contributed by atoms with Gasteiger partial charge in [-0.15, -0.1) is 46.7 Å². The summed E-state index contributed by atoms with van der Waals surface area (Å²) < 4.78 is 66.7. The van der Waals surface area contributed by atoms with Crippen molar-refractivity contribution >= 4 is 104 Å². The maximum Gasteiger partial charge on any atom is 0.344 e. The van der Waals surface area contributed by atoms with Crippen molar-refractivity contribution in [3.05, 3.63) is 65.7 Å². The van der Waals surface area contributed by atoms with E-state index in [1.807, 2.05) is 42.8 Å². The third-order valence-corrected chi connectivity index (χ3v) is 29.7. The number of nitrogens with zero attached hydrogens (tertiary/aromatic N) is 6. The van der Waals surface area contributed by atoms with Gasteiger partial charge in [-0.25, -0.2) is 18.4 Å². The molecule has 10 heterocycles. The number of piperidine rings is 2. The zero-order chi connectivity index (χ0) is 85.2. The lowest BCUT2D eigenvalue weighted by Gasteiger charge is -2.50. The number of benzene rings is 2. The summed E-state index contributed by atoms with van der Waals surface area (Å²) in [5.74, 6) is -1.46. The summed E-state index contributed by atoms with van der Waals surface area (Å²) >= 11 is 15.4. The molecule has 2 aromatic heterocycles. The van der Waals surface area contributed by atoms with Gasteiger partial charge in [-0.05, 0) is 196 Å². The normalized spacial score (nSPS) is 32.0. The molecule has 8 aliphatic heterocycles. The number of hydrogen-bond acceptors (Lipinski definition) is 24. The summed E-state index contributed by atoms with van der Waals surface area (Å²) in [7, 11) is 6.83. The van der Waals surface area contributed by atoms with Crippen LogP contribution in [0.5, 0.6) is 11.5 Å². The number of aliphatic hydroxyl groups is 5. The predicted octanol–water partition coefficient (Wildman–Crippen LogP) is 8.65. The highest BCUT2D eigenvalue weighted by atomic mass is 35.5. The average Bonchev–Trinajstić information content (AvgIpc) is 1.20. The van der Waals surface area contributed by atoms with E-state index >= 15 is 8.78 Å². The number of nitrogens with one attached hydrogen (secondary N) is 4. The summed E-state index contributed by atoms with van der Waals surface area (Å²) in [5, 5.41) is 76.2. The lowest BCUT2D eigenvalue weighted by Crippen LogP contribution is -2.69. The molecule has 660 valence electrons. The number of hydrogen-bond donors (Lipinski definition) is 10. The van der Waals surface area contributed by atoms with Crippen molar-refractivity contribution in [1.29, 1.82) is 0 Å². The van der Waals surface area contributed by atoms with E-state index in [0.29, 0.717) is 95.3 Å². The Kier molecular flexibility index (Phi) is 30.1. The van der Waals surface area contributed by atoms with Gasteiger partial charge in [-0.1, -0.05) is 34.1 Å². The van der Waals surface area contributed by atoms with Crippen LogP contribution in [0.3, 0.4) is 0 Å². The number of fused-ring (bicyclic) bond motifs is 4. The van der Waals surface area contributed by atoms with Crippen LogP contribution in [0.1, 0.15) is 194 Å². The zero-order valence-electron chi connectivity index (χ0n) is 70.4. The molecule has 2 saturated carbocycles. The molecule has 10 aliphatic rings. The van der Waals surface area contributed by atoms with Gasteiger partial charge in [0.25, 0.3) is 0 Å². The van der Waals surface area contributed by atoms with E-state index in [0.717, 1.165) is 128 Å². The fraction of sp³-hybridized carbons (Fsp3) is 0.741. The van der Waals surface area contributed by atoms with Crippen LogP contribution in [0, 0.1) is 63.0 Å². The lowest BCUT2D eigenvalue weighted by molar-refractivity contribution is -0.236. The summed E-state index contributed by atoms with van der Waals surface area (Å²) in [6.45, 7) is 23.7. The number of aromatic carboxylic acids is 1. The number of alkyl halides is 2. The number of carboxylic acid groups (broad SMARTS) is 1. The van der Waals surface area contributed by atoms with Crippen LogP contribution in [0.2, 0.25) is 0 Å². The number of halogens is 4. The number of anilines is 2. The predicted molar refractivity (Wildman–Crippen MR) is 458 cm³/mol. The number of aliphatic hydroxyl groups excluding tert-OH is 5. The molecular weight excluding hydrogens is 1610 g/mol. The van der Waals surface area contributed by atoms with Gasteiger partial charge in [0.2, 0.25) is 22.7 Å². The number of carboxylic acids is 1. The van der Waals surface area contributed by atoms with Crippen molar-refractivity contribution in [2.24, 2.45) is 23.7 Å². The summed E-state index contributed by atoms with van der Waals surface area (Å²) in [6, 6.07) is -1.67. The van der Waals surface area contributed by atoms with E-state index in [1.54, 1.807) is 67.9 Å². The Morgan fingerprint density at radius 1 is 0.610 bits per heavy atom. The van der Waals surface area contributed by atoms with Gasteiger partial charge >= 0.3 is 11.9 Å². The number of esters is 1. The zero-order valence-corrected chi connectivity index (χ0v) is 73.6. The van der Waals surface area contributed by atoms with Crippen molar-refractivity contribution < 1.29 is 82.3 Å². The van der Waals surface area contributed by atoms with Crippen LogP contribution in [-0.4, -0.2) is 272 Å². The molecule has 8 saturated heterocycles. The number of aryl methyl sites for hydroxylation is 2. The summed E-state index contributed by atoms with van der Waals surface area (Å²) in [5.41, 5.74) is 0.800. The maximum atomic E-state index is 16.8. The molecule has 22 atom stereocenters. The van der Waals surface area contributed by atoms with Crippen molar-refractivity contribution in [2.75, 3.05) is 103 Å². The van der Waals surface area contributed by atoms with Crippen LogP contribution < -0.4 is 51.4 Å². The minimum atomic E-state index is -1.69. The number of thioether (sulfide) groups is 2. The largest absolute Gasteiger partial charge is 0.492 e. The molecule has 2 amide bonds. The van der Waals surface area contributed by atoms with E-state index in [-0.39, 0.29) is 88.2 Å². The van der Waals surface area contributed by atoms with E-state index in [9.17, 15) is 59.4 Å². The minimum Gasteiger partial charge on any atom is -0.492 e. The van der Waals surface area contributed by atoms with E-state index in [1.165, 1.54) is 26.0 Å². The van der Waals surface area contributed by atoms with Crippen LogP contribution in [0.25, 0.3) is 21.8 Å². The monoisotopic (exact) mass is 1730 g/mol. The molecule has 10 unspecified atom stereocenters. The maximum absolute atomic E-state index is 16.8. The summed E-state index contributed by atoms with van der Waals surface area (Å²) in [4.78, 5) is 86.4. The standard InChI is InChI=1S/C42H61ClFN5O8S.C23H28FN3O4.C19H35ClN2O5S.CH4/c1-9-11-23-16-27(47(6)17-23)40(53)46-31(21(3)43)37-35(51)36(52)39(42(5,57-37)58-8)56-41(54)29-22(4)49(25-13-14-25)32-28(34(29)50)20(2)30(44)33(38(32)55-7)48-18-24-12-10-15-45-26(24)19-48;1-11-16-19(27(14-6-7-14)12(2)17(21(16)28)23(29)30)22(31-3)20(18(11)24)26-9-13-5-4-8-25-15(13)10-26;1-6-7-11-8-12(22(4)9-11)18(26)21-13(10(2)20)16-14(23)15(24)17(25)19(3,27-16)28-5;/h21,23-27,31,35-37,39,45,51-52H,9-19H2,1-8H3,(H,46,53);13-15,25H,4-10H2,1-3H3,(H,29,30);10-17,23-25H,6-9H2,1-5H3,(H,21,26);1H4/t21?,23?,24?,26?,27?,31-,35-,36+,37-,39-,42-;;10?,11?,12?,13-,14-,15+,16-,17-,19-;/m1.1./s1. The number of likely N-dealkylation sites (tertiary alicyclic amines) is 2. The van der Waals surface area contributed by atoms with Crippen molar-refractivity contribution in [3.63, 3.8) is 0 Å². The fourth-order valence-electron chi connectivity index (χ4n) is 20.2. The molecule has 0 bridgehead atoms. The first-order valence-electron chi connectivity index (χ1n) is 41.9. The smallest absolute Gasteiger partial charge is 0.344 e. The molecule has 2 aromatic carbocycles. The van der Waals surface area contributed by atoms with Gasteiger partial charge in [0.05, 0.1) is 70.9 Å². The SMILES string of the molecule is C.CCCC1CC(C(=O)N[C@H](C(C)Cl)[C@H]2O[C@](C)(SC)[C@H](O)[C@@H](O)[C@H]2O)N(C)C1.CCCC1CC(C(=O)N[C@H](C(C)Cl)[C@H]2O[C@](C)(SC)[C@H](OC(=O)c3c(C)n(C4CC4)c4c(OC)c(N5CC6CCCNC6C5)c(F)c(C)c4c3=O)[C@@H](O)[C@H]2O)N(C)C1.COc1c(N2CC3CCCNC3C2)c(F)c(C)c2c(=O)c(C(=O)O)c(C)n(C3CC3)c12. The van der Waals surface area contributed by atoms with Crippen molar-refractivity contribution in [1.82, 2.24) is 40.2 Å². The first-order chi connectivity index (χ1) is 55.5. The second kappa shape index (κ2) is 38.0. The van der Waals surface area contributed by atoms with Crippen molar-refractivity contribution in [2.45, 2.75) is 284 Å². The number of aromatic nitrogens is 2. The van der Waals surface area contributed by atoms with Gasteiger partial charge < -0.3 is 94.5 Å². The first kappa shape index (κ1) is 93.3. The number of carbonyl (C=O) groups excluding carboxylic acids is 3. The topological polar surface area (TPSA) is 341 Å². The number of methoxy groups -OCH3 is 2. The Hall–Kier alpha value is -5.36. The highest BCUT2D eigenvalue weighted by Gasteiger charge is 2.58. The first-order valence-corrected chi connectivity index (χ1v) is 45.2. The Bertz CT molecular complexity index is 4440. The van der Waals surface area contributed by atoms with Crippen LogP contribution >= 0.6 is 46.7 Å². The summed E-state index contributed by atoms with van der Waals surface area (Å²) in [6.07, 6.45) is 5.97. The van der Waals surface area contributed by atoms with Gasteiger partial charge in [-0.3, -0.25) is 29.0 Å². The second-order valence-corrected chi connectivity index (χ2v) is 38.7. The van der Waals surface area contributed by atoms with Crippen LogP contribution in [0.4, 0.5) is 20.2 Å². The molecule has 14 rings (SSSR count). The molecule has 0 spiro atoms. The molecular formula is C85H128Cl2F2N10O17S2. The molecule has 10 fully saturated rings. The highest BCUT2D eigenvalue weighted by Crippen LogP contribution is 2.51. The third-order valence-electron chi connectivity index (χ3n) is 26.9. The fourth-order valence-corrected chi connectivity index (χ4v) is 21.8. The second-order valence-electron chi connectivity index (χ2n) is 34.9. The molecule has 10 N–H and O–H groups in total. The highest BCUT2D eigenvalue weighted by molar-refractivity contribution is 8.00. The molecule has 0 radical (unpaired) electrons. The Morgan fingerprint density at radius 3 is 1.38 bits per heavy atom. The van der Waals surface area contributed by atoms with Crippen molar-refractivity contribution in [3.8, 4) is 11.5 Å². The number of ether oxygens (including phenoxy) is 5. The van der Waals surface area contributed by atoms with Gasteiger partial charge in [-0.2, -0.15) is 0 Å². The van der Waals surface area contributed by atoms with Crippen LogP contribution in [0.15, 0.2) is 9.59 Å². The van der Waals surface area contributed by atoms with Gasteiger partial charge in [0, 0.05) is 86.0 Å². The Labute approximate surface area is 710 Å². The number of rotatable bonds is 23. The van der Waals surface area contributed by atoms with Crippen LogP contribution in [-0.2, 0) is 23.8 Å². The van der Waals surface area contributed by atoms with E-state index in [2.05, 4.69) is 35.1 Å². The molecule has 2 aliphatic carbocycles. The minimum absolute atomic E-state index is 0. The Balaban J connectivity index is 0.000000191. The average molecular weight is 1740 g/mol. The third kappa shape index (κ3) is 17.9. The number of carbonyl (C=O) groups is 4. The number of amides is 2. The number of pyridine rings is 2. The molecule has 33 heteroatoms. The lowest BCUT2D eigenvalue weighted by atomic mass is 9.89.